The number of rotatable bonds is 13. The Balaban J connectivity index is 0.000000673. The number of aromatic nitrogens is 7. The Morgan fingerprint density at radius 2 is 1.82 bits per heavy atom. The molecular weight excluding hydrogens is 561 g/mol. The fourth-order valence-corrected chi connectivity index (χ4v) is 3.21. The fourth-order valence-electron chi connectivity index (χ4n) is 3.21. The first-order valence-electron chi connectivity index (χ1n) is 11.3. The van der Waals surface area contributed by atoms with Crippen molar-refractivity contribution in [2.24, 2.45) is 0 Å². The second-order valence-electron chi connectivity index (χ2n) is 8.32. The van der Waals surface area contributed by atoms with Gasteiger partial charge in [-0.25, -0.2) is 4.79 Å². The Morgan fingerprint density at radius 1 is 1.10 bits per heavy atom. The zero-order valence-corrected chi connectivity index (χ0v) is 21.4. The number of hydrogen-bond acceptors (Lipinski definition) is 7. The minimum atomic E-state index is -10.7. The van der Waals surface area contributed by atoms with E-state index in [1.165, 1.54) is 18.5 Å². The molecule has 0 saturated heterocycles. The van der Waals surface area contributed by atoms with Crippen LogP contribution in [0.5, 0.6) is 0 Å². The number of halogens is 6. The molecule has 0 fully saturated rings. The van der Waals surface area contributed by atoms with Crippen molar-refractivity contribution in [2.75, 3.05) is 13.7 Å². The average Bonchev–Trinajstić information content (AvgIpc) is 3.51. The van der Waals surface area contributed by atoms with Crippen LogP contribution in [0.4, 0.5) is 25.2 Å². The van der Waals surface area contributed by atoms with Gasteiger partial charge in [-0.15, -0.1) is 4.68 Å². The molecule has 0 spiro atoms. The van der Waals surface area contributed by atoms with E-state index >= 15 is 0 Å². The molecule has 1 unspecified atom stereocenters. The molecule has 39 heavy (non-hydrogen) atoms. The van der Waals surface area contributed by atoms with Gasteiger partial charge in [0.15, 0.2) is 11.9 Å². The average molecular weight is 588 g/mol. The summed E-state index contributed by atoms with van der Waals surface area (Å²) in [6.45, 7) is 0.506. The standard InChI is InChI=1S/C20H26N8O4.F6P/c1-32-7-6-15(23-19(29)5-3-2-4-16-11-22-26-24-16)9-17-13-28(27-25-17)18-8-14(20(30)31)10-21-12-18;1-7(2,3,4,5)6/h8,10-13,15H,2-7,9H2,1H3,(H3,22,23,24,26,29,30,31);/q;-1/p+1. The first-order valence-corrected chi connectivity index (χ1v) is 13.4. The summed E-state index contributed by atoms with van der Waals surface area (Å²) >= 11 is 0. The first-order chi connectivity index (χ1) is 18.0. The topological polar surface area (TPSA) is 163 Å². The van der Waals surface area contributed by atoms with Crippen molar-refractivity contribution in [1.29, 1.82) is 0 Å². The van der Waals surface area contributed by atoms with Crippen molar-refractivity contribution < 1.29 is 49.3 Å². The molecule has 12 nitrogen and oxygen atoms in total. The molecule has 0 saturated carbocycles. The molecular formula is C20H27F6N8O4P. The van der Waals surface area contributed by atoms with Gasteiger partial charge in [-0.3, -0.25) is 9.78 Å². The number of pyridine rings is 1. The third-order valence-corrected chi connectivity index (χ3v) is 4.87. The molecule has 3 aromatic rings. The molecule has 0 aliphatic rings. The van der Waals surface area contributed by atoms with Crippen LogP contribution in [-0.4, -0.2) is 67.4 Å². The zero-order chi connectivity index (χ0) is 29.2. The van der Waals surface area contributed by atoms with E-state index < -0.39 is 13.8 Å². The van der Waals surface area contributed by atoms with Crippen molar-refractivity contribution in [3.8, 4) is 5.69 Å². The van der Waals surface area contributed by atoms with Crippen molar-refractivity contribution in [3.63, 3.8) is 0 Å². The fraction of sp³-hybridized carbons (Fsp3) is 0.450. The number of methoxy groups -OCH3 is 1. The molecule has 3 heterocycles. The molecule has 0 aliphatic heterocycles. The van der Waals surface area contributed by atoms with Gasteiger partial charge in [0.05, 0.1) is 23.7 Å². The normalized spacial score (nSPS) is 13.9. The van der Waals surface area contributed by atoms with Crippen molar-refractivity contribution in [1.82, 2.24) is 36.0 Å². The Labute approximate surface area is 217 Å². The minimum absolute atomic E-state index is 0.0203. The molecule has 218 valence electrons. The van der Waals surface area contributed by atoms with E-state index in [2.05, 4.69) is 36.0 Å². The van der Waals surface area contributed by atoms with Crippen LogP contribution < -0.4 is 10.00 Å². The molecule has 1 amide bonds. The Hall–Kier alpha value is -3.66. The molecule has 3 rings (SSSR count). The molecule has 0 aliphatic carbocycles. The second kappa shape index (κ2) is 12.5. The van der Waals surface area contributed by atoms with E-state index in [1.807, 2.05) is 0 Å². The maximum atomic E-state index is 12.4. The monoisotopic (exact) mass is 588 g/mol. The SMILES string of the molecule is COCCC(Cc1c[n+](-c2cncc(C(=O)O)c2)[nH]n1)NC(=O)CCCCc1cn[nH]n1.F[P-](F)(F)(F)(F)F. The van der Waals surface area contributed by atoms with Gasteiger partial charge < -0.3 is 15.2 Å². The number of ether oxygens (including phenoxy) is 1. The number of aromatic carboxylic acids is 1. The second-order valence-corrected chi connectivity index (χ2v) is 10.2. The molecule has 0 aromatic carbocycles. The summed E-state index contributed by atoms with van der Waals surface area (Å²) in [5, 5.41) is 29.7. The first kappa shape index (κ1) is 31.6. The summed E-state index contributed by atoms with van der Waals surface area (Å²) in [6, 6.07) is 1.36. The van der Waals surface area contributed by atoms with Crippen molar-refractivity contribution >= 4 is 19.7 Å². The number of aryl methyl sites for hydroxylation is 1. The van der Waals surface area contributed by atoms with Crippen LogP contribution in [0.3, 0.4) is 0 Å². The van der Waals surface area contributed by atoms with Crippen LogP contribution in [0, 0.1) is 0 Å². The van der Waals surface area contributed by atoms with Gasteiger partial charge in [-0.1, -0.05) is 5.21 Å². The predicted octanol–water partition coefficient (Wildman–Crippen LogP) is 3.76. The number of carbonyl (C=O) groups is 2. The quantitative estimate of drug-likeness (QED) is 0.102. The number of aromatic amines is 2. The van der Waals surface area contributed by atoms with Crippen LogP contribution in [0.1, 0.15) is 47.4 Å². The van der Waals surface area contributed by atoms with Crippen molar-refractivity contribution in [2.45, 2.75) is 44.6 Å². The Bertz CT molecular complexity index is 1210. The molecule has 4 N–H and O–H groups in total. The van der Waals surface area contributed by atoms with E-state index in [-0.39, 0.29) is 17.5 Å². The molecule has 0 radical (unpaired) electrons. The number of nitrogens with one attached hydrogen (secondary N) is 3. The van der Waals surface area contributed by atoms with Gasteiger partial charge >= 0.3 is 39.0 Å². The number of nitrogens with zero attached hydrogens (tertiary/aromatic N) is 5. The van der Waals surface area contributed by atoms with Gasteiger partial charge in [0.2, 0.25) is 11.6 Å². The van der Waals surface area contributed by atoms with Gasteiger partial charge in [0.1, 0.15) is 0 Å². The molecule has 0 bridgehead atoms. The summed E-state index contributed by atoms with van der Waals surface area (Å²) in [6.07, 6.45) is 10.2. The molecule has 1 atom stereocenters. The summed E-state index contributed by atoms with van der Waals surface area (Å²) in [5.74, 6) is -1.07. The van der Waals surface area contributed by atoms with E-state index in [1.54, 1.807) is 24.2 Å². The van der Waals surface area contributed by atoms with Crippen LogP contribution in [0.2, 0.25) is 0 Å². The summed E-state index contributed by atoms with van der Waals surface area (Å²) in [7, 11) is -9.04. The van der Waals surface area contributed by atoms with Gasteiger partial charge in [0, 0.05) is 50.0 Å². The van der Waals surface area contributed by atoms with E-state index in [4.69, 9.17) is 9.84 Å². The van der Waals surface area contributed by atoms with Gasteiger partial charge in [0.25, 0.3) is 0 Å². The summed E-state index contributed by atoms with van der Waals surface area (Å²) < 4.78 is 66.0. The number of unbranched alkanes of at least 4 members (excludes halogenated alkanes) is 1. The predicted molar refractivity (Wildman–Crippen MR) is 125 cm³/mol. The Morgan fingerprint density at radius 3 is 2.44 bits per heavy atom. The molecule has 3 aromatic heterocycles. The zero-order valence-electron chi connectivity index (χ0n) is 20.5. The summed E-state index contributed by atoms with van der Waals surface area (Å²) in [4.78, 5) is 27.5. The summed E-state index contributed by atoms with van der Waals surface area (Å²) in [5.41, 5.74) is 2.24. The van der Waals surface area contributed by atoms with Crippen LogP contribution in [0.15, 0.2) is 30.9 Å². The van der Waals surface area contributed by atoms with Crippen molar-refractivity contribution in [3.05, 3.63) is 47.8 Å². The maximum absolute atomic E-state index is 12.4. The number of H-pyrrole nitrogens is 2. The number of hydrogen-bond donors (Lipinski definition) is 4. The van der Waals surface area contributed by atoms with Crippen LogP contribution >= 0.6 is 7.81 Å². The van der Waals surface area contributed by atoms with E-state index in [0.29, 0.717) is 31.6 Å². The van der Waals surface area contributed by atoms with Crippen LogP contribution in [-0.2, 0) is 22.4 Å². The number of carbonyl (C=O) groups excluding carboxylic acids is 1. The number of amides is 1. The van der Waals surface area contributed by atoms with Crippen LogP contribution in [0.25, 0.3) is 5.69 Å². The van der Waals surface area contributed by atoms with Gasteiger partial charge in [-0.2, -0.15) is 15.4 Å². The number of carboxylic acid groups (broad SMARTS) is 1. The Kier molecular flexibility index (Phi) is 10.1. The van der Waals surface area contributed by atoms with E-state index in [9.17, 15) is 34.8 Å². The molecule has 19 heteroatoms. The van der Waals surface area contributed by atoms with Gasteiger partial charge in [-0.05, 0) is 25.7 Å². The number of carboxylic acids is 1. The third-order valence-electron chi connectivity index (χ3n) is 4.87. The van der Waals surface area contributed by atoms with E-state index in [0.717, 1.165) is 30.7 Å². The third kappa shape index (κ3) is 14.8.